The summed E-state index contributed by atoms with van der Waals surface area (Å²) in [5.41, 5.74) is 5.03. The van der Waals surface area contributed by atoms with E-state index in [0.717, 1.165) is 30.4 Å². The van der Waals surface area contributed by atoms with E-state index in [9.17, 15) is 9.90 Å². The molecule has 1 unspecified atom stereocenters. The van der Waals surface area contributed by atoms with Gasteiger partial charge < -0.3 is 5.11 Å². The Morgan fingerprint density at radius 2 is 1.90 bits per heavy atom. The fourth-order valence-corrected chi connectivity index (χ4v) is 3.32. The number of aryl methyl sites for hydroxylation is 1. The molecule has 0 bridgehead atoms. The predicted octanol–water partition coefficient (Wildman–Crippen LogP) is 4.30. The molecule has 1 aliphatic rings. The number of hydrogen-bond acceptors (Lipinski definition) is 1. The van der Waals surface area contributed by atoms with Crippen molar-refractivity contribution in [2.75, 3.05) is 0 Å². The smallest absolute Gasteiger partial charge is 0.336 e. The molecule has 3 rings (SSSR count). The number of fused-ring (bicyclic) bond motifs is 1. The van der Waals surface area contributed by atoms with E-state index in [1.165, 1.54) is 11.1 Å². The van der Waals surface area contributed by atoms with Gasteiger partial charge >= 0.3 is 5.97 Å². The molecule has 2 heteroatoms. The average molecular weight is 278 g/mol. The molecule has 0 amide bonds. The van der Waals surface area contributed by atoms with Crippen molar-refractivity contribution in [2.45, 2.75) is 25.2 Å². The largest absolute Gasteiger partial charge is 0.478 e. The number of hydrogen-bond donors (Lipinski definition) is 1. The van der Waals surface area contributed by atoms with Crippen molar-refractivity contribution in [1.82, 2.24) is 0 Å². The summed E-state index contributed by atoms with van der Waals surface area (Å²) in [5, 5.41) is 9.33. The standard InChI is InChI=1S/C19H18O2/c1-2-16-17(8-5-9-18(16)19(20)21)15-11-10-13-6-3-4-7-14(13)12-15/h2-9,15H,1,10-12H2,(H,20,21). The van der Waals surface area contributed by atoms with Crippen LogP contribution in [0.1, 0.15) is 45.0 Å². The maximum absolute atomic E-state index is 11.4. The van der Waals surface area contributed by atoms with Crippen LogP contribution in [0.3, 0.4) is 0 Å². The van der Waals surface area contributed by atoms with Gasteiger partial charge in [-0.05, 0) is 53.5 Å². The third-order valence-corrected chi connectivity index (χ3v) is 4.36. The second-order valence-electron chi connectivity index (χ2n) is 5.53. The summed E-state index contributed by atoms with van der Waals surface area (Å²) in [6.45, 7) is 3.81. The van der Waals surface area contributed by atoms with Gasteiger partial charge in [-0.1, -0.05) is 49.1 Å². The van der Waals surface area contributed by atoms with E-state index in [2.05, 4.69) is 30.8 Å². The minimum absolute atomic E-state index is 0.348. The molecule has 1 aliphatic carbocycles. The quantitative estimate of drug-likeness (QED) is 0.908. The Hall–Kier alpha value is -2.35. The molecule has 1 atom stereocenters. The summed E-state index contributed by atoms with van der Waals surface area (Å²) in [5.74, 6) is -0.518. The first-order valence-corrected chi connectivity index (χ1v) is 7.26. The van der Waals surface area contributed by atoms with Gasteiger partial charge in [0.05, 0.1) is 5.56 Å². The van der Waals surface area contributed by atoms with E-state index in [1.807, 2.05) is 12.1 Å². The molecule has 1 N–H and O–H groups in total. The monoisotopic (exact) mass is 278 g/mol. The topological polar surface area (TPSA) is 37.3 Å². The van der Waals surface area contributed by atoms with Crippen LogP contribution >= 0.6 is 0 Å². The van der Waals surface area contributed by atoms with Crippen molar-refractivity contribution >= 4 is 12.0 Å². The molecule has 2 aromatic carbocycles. The van der Waals surface area contributed by atoms with Crippen molar-refractivity contribution in [1.29, 1.82) is 0 Å². The second kappa shape index (κ2) is 5.57. The Balaban J connectivity index is 2.01. The molecule has 0 fully saturated rings. The van der Waals surface area contributed by atoms with Crippen LogP contribution in [0.2, 0.25) is 0 Å². The van der Waals surface area contributed by atoms with E-state index in [1.54, 1.807) is 12.1 Å². The lowest BCUT2D eigenvalue weighted by atomic mass is 9.78. The van der Waals surface area contributed by atoms with Crippen LogP contribution in [-0.2, 0) is 12.8 Å². The summed E-state index contributed by atoms with van der Waals surface area (Å²) in [6, 6.07) is 14.1. The van der Waals surface area contributed by atoms with Gasteiger partial charge in [-0.15, -0.1) is 0 Å². The zero-order valence-electron chi connectivity index (χ0n) is 11.9. The molecule has 0 radical (unpaired) electrons. The molecule has 21 heavy (non-hydrogen) atoms. The number of carboxylic acids is 1. The van der Waals surface area contributed by atoms with Gasteiger partial charge in [0.2, 0.25) is 0 Å². The summed E-state index contributed by atoms with van der Waals surface area (Å²) < 4.78 is 0. The number of rotatable bonds is 3. The minimum Gasteiger partial charge on any atom is -0.478 e. The van der Waals surface area contributed by atoms with Gasteiger partial charge in [0.15, 0.2) is 0 Å². The molecule has 106 valence electrons. The highest BCUT2D eigenvalue weighted by atomic mass is 16.4. The van der Waals surface area contributed by atoms with E-state index >= 15 is 0 Å². The summed E-state index contributed by atoms with van der Waals surface area (Å²) in [4.78, 5) is 11.4. The third-order valence-electron chi connectivity index (χ3n) is 4.36. The first-order valence-electron chi connectivity index (χ1n) is 7.26. The molecule has 0 saturated heterocycles. The Bertz CT molecular complexity index is 700. The van der Waals surface area contributed by atoms with Crippen LogP contribution in [0.15, 0.2) is 49.0 Å². The maximum Gasteiger partial charge on any atom is 0.336 e. The van der Waals surface area contributed by atoms with Gasteiger partial charge in [0.1, 0.15) is 0 Å². The van der Waals surface area contributed by atoms with Crippen LogP contribution < -0.4 is 0 Å². The number of benzene rings is 2. The Labute approximate surface area is 124 Å². The summed E-state index contributed by atoms with van der Waals surface area (Å²) >= 11 is 0. The van der Waals surface area contributed by atoms with Gasteiger partial charge in [-0.3, -0.25) is 0 Å². The van der Waals surface area contributed by atoms with E-state index in [4.69, 9.17) is 0 Å². The molecule has 0 saturated carbocycles. The van der Waals surface area contributed by atoms with Crippen molar-refractivity contribution < 1.29 is 9.90 Å². The normalized spacial score (nSPS) is 17.0. The average Bonchev–Trinajstić information content (AvgIpc) is 2.53. The summed E-state index contributed by atoms with van der Waals surface area (Å²) in [7, 11) is 0. The van der Waals surface area contributed by atoms with Crippen molar-refractivity contribution in [3.8, 4) is 0 Å². The lowest BCUT2D eigenvalue weighted by molar-refractivity contribution is 0.0696. The fraction of sp³-hybridized carbons (Fsp3) is 0.211. The molecule has 2 nitrogen and oxygen atoms in total. The Kier molecular flexibility index (Phi) is 3.61. The Morgan fingerprint density at radius 1 is 1.14 bits per heavy atom. The lowest BCUT2D eigenvalue weighted by Crippen LogP contribution is -2.15. The minimum atomic E-state index is -0.886. The predicted molar refractivity (Wildman–Crippen MR) is 84.7 cm³/mol. The van der Waals surface area contributed by atoms with Crippen LogP contribution in [0.5, 0.6) is 0 Å². The van der Waals surface area contributed by atoms with Crippen LogP contribution in [-0.4, -0.2) is 11.1 Å². The van der Waals surface area contributed by atoms with Gasteiger partial charge in [0, 0.05) is 0 Å². The van der Waals surface area contributed by atoms with E-state index in [0.29, 0.717) is 11.5 Å². The summed E-state index contributed by atoms with van der Waals surface area (Å²) in [6.07, 6.45) is 4.76. The molecule has 0 spiro atoms. The first-order chi connectivity index (χ1) is 10.2. The molecular weight excluding hydrogens is 260 g/mol. The van der Waals surface area contributed by atoms with Crippen LogP contribution in [0, 0.1) is 0 Å². The van der Waals surface area contributed by atoms with Gasteiger partial charge in [-0.2, -0.15) is 0 Å². The first kappa shape index (κ1) is 13.6. The SMILES string of the molecule is C=Cc1c(C(=O)O)cccc1C1CCc2ccccc2C1. The molecule has 2 aromatic rings. The second-order valence-corrected chi connectivity index (χ2v) is 5.53. The van der Waals surface area contributed by atoms with Crippen LogP contribution in [0.25, 0.3) is 6.08 Å². The highest BCUT2D eigenvalue weighted by Gasteiger charge is 2.23. The molecule has 0 aromatic heterocycles. The van der Waals surface area contributed by atoms with Crippen LogP contribution in [0.4, 0.5) is 0 Å². The number of carbonyl (C=O) groups is 1. The highest BCUT2D eigenvalue weighted by molar-refractivity contribution is 5.92. The Morgan fingerprint density at radius 3 is 2.62 bits per heavy atom. The lowest BCUT2D eigenvalue weighted by Gasteiger charge is -2.26. The van der Waals surface area contributed by atoms with Crippen molar-refractivity contribution in [3.63, 3.8) is 0 Å². The number of aromatic carboxylic acids is 1. The van der Waals surface area contributed by atoms with Gasteiger partial charge in [-0.25, -0.2) is 4.79 Å². The van der Waals surface area contributed by atoms with E-state index in [-0.39, 0.29) is 0 Å². The third kappa shape index (κ3) is 2.49. The van der Waals surface area contributed by atoms with Crippen molar-refractivity contribution in [3.05, 3.63) is 76.9 Å². The molecular formula is C19H18O2. The zero-order valence-corrected chi connectivity index (χ0v) is 11.9. The van der Waals surface area contributed by atoms with Gasteiger partial charge in [0.25, 0.3) is 0 Å². The fourth-order valence-electron chi connectivity index (χ4n) is 3.32. The van der Waals surface area contributed by atoms with Crippen molar-refractivity contribution in [2.24, 2.45) is 0 Å². The molecule has 0 aliphatic heterocycles. The van der Waals surface area contributed by atoms with E-state index < -0.39 is 5.97 Å². The number of carboxylic acid groups (broad SMARTS) is 1. The highest BCUT2D eigenvalue weighted by Crippen LogP contribution is 2.35. The zero-order chi connectivity index (χ0) is 14.8. The maximum atomic E-state index is 11.4. The molecule has 0 heterocycles.